The Morgan fingerprint density at radius 3 is 2.52 bits per heavy atom. The number of hydrogen-bond acceptors (Lipinski definition) is 6. The second kappa shape index (κ2) is 7.85. The highest BCUT2D eigenvalue weighted by atomic mass is 32.2. The van der Waals surface area contributed by atoms with Gasteiger partial charge < -0.3 is 4.74 Å². The first-order valence-electron chi connectivity index (χ1n) is 8.36. The predicted octanol–water partition coefficient (Wildman–Crippen LogP) is 1.61. The Balaban J connectivity index is 1.93. The number of rotatable bonds is 6. The van der Waals surface area contributed by atoms with Crippen LogP contribution in [0.5, 0.6) is 5.75 Å². The zero-order valence-electron chi connectivity index (χ0n) is 14.7. The first-order valence-corrected chi connectivity index (χ1v) is 9.84. The molecule has 0 atom stereocenters. The van der Waals surface area contributed by atoms with Gasteiger partial charge in [-0.1, -0.05) is 6.07 Å². The third-order valence-corrected chi connectivity index (χ3v) is 5.57. The molecule has 3 rings (SSSR count). The van der Waals surface area contributed by atoms with Crippen molar-refractivity contribution < 1.29 is 22.7 Å². The van der Waals surface area contributed by atoms with Gasteiger partial charge in [-0.2, -0.15) is 0 Å². The fraction of sp³-hybridized carbons (Fsp3) is 0.278. The lowest BCUT2D eigenvalue weighted by atomic mass is 10.1. The van der Waals surface area contributed by atoms with Crippen LogP contribution < -0.4 is 14.4 Å². The van der Waals surface area contributed by atoms with Crippen molar-refractivity contribution in [1.82, 2.24) is 9.71 Å². The summed E-state index contributed by atoms with van der Waals surface area (Å²) >= 11 is 0. The number of carbonyl (C=O) groups is 2. The zero-order valence-corrected chi connectivity index (χ0v) is 15.5. The van der Waals surface area contributed by atoms with Gasteiger partial charge in [0.1, 0.15) is 10.6 Å². The van der Waals surface area contributed by atoms with E-state index in [1.165, 1.54) is 25.3 Å². The number of methoxy groups -OCH3 is 1. The van der Waals surface area contributed by atoms with Crippen LogP contribution in [0, 0.1) is 0 Å². The average molecular weight is 389 g/mol. The van der Waals surface area contributed by atoms with Crippen molar-refractivity contribution in [3.8, 4) is 5.75 Å². The molecule has 1 aromatic heterocycles. The lowest BCUT2D eigenvalue weighted by molar-refractivity contribution is -0.129. The molecule has 27 heavy (non-hydrogen) atoms. The van der Waals surface area contributed by atoms with Crippen LogP contribution in [-0.2, 0) is 26.2 Å². The molecule has 0 spiro atoms. The number of pyridine rings is 1. The van der Waals surface area contributed by atoms with Crippen LogP contribution in [0.25, 0.3) is 0 Å². The highest BCUT2D eigenvalue weighted by molar-refractivity contribution is 7.89. The second-order valence-electron chi connectivity index (χ2n) is 5.96. The number of nitrogens with one attached hydrogen (secondary N) is 1. The lowest BCUT2D eigenvalue weighted by Gasteiger charge is -2.25. The van der Waals surface area contributed by atoms with Gasteiger partial charge in [-0.25, -0.2) is 13.1 Å². The largest absolute Gasteiger partial charge is 0.495 e. The highest BCUT2D eigenvalue weighted by Crippen LogP contribution is 2.31. The SMILES string of the molecule is COc1ccc(N2C(=O)CCCC2=O)cc1S(=O)(=O)NCc1ccccn1. The number of amides is 2. The van der Waals surface area contributed by atoms with E-state index in [0.29, 0.717) is 12.1 Å². The molecule has 1 N–H and O–H groups in total. The van der Waals surface area contributed by atoms with E-state index in [9.17, 15) is 18.0 Å². The fourth-order valence-corrected chi connectivity index (χ4v) is 3.99. The molecule has 9 heteroatoms. The van der Waals surface area contributed by atoms with Crippen LogP contribution in [0.3, 0.4) is 0 Å². The molecule has 2 heterocycles. The molecule has 1 saturated heterocycles. The molecule has 0 bridgehead atoms. The van der Waals surface area contributed by atoms with E-state index in [-0.39, 0.29) is 47.5 Å². The van der Waals surface area contributed by atoms with Gasteiger partial charge in [-0.3, -0.25) is 19.5 Å². The molecule has 1 aromatic carbocycles. The van der Waals surface area contributed by atoms with Crippen LogP contribution in [0.2, 0.25) is 0 Å². The van der Waals surface area contributed by atoms with Gasteiger partial charge in [0.15, 0.2) is 0 Å². The van der Waals surface area contributed by atoms with Crippen LogP contribution in [-0.4, -0.2) is 32.3 Å². The number of aromatic nitrogens is 1. The normalized spacial score (nSPS) is 15.1. The second-order valence-corrected chi connectivity index (χ2v) is 7.69. The van der Waals surface area contributed by atoms with Crippen molar-refractivity contribution in [2.45, 2.75) is 30.7 Å². The van der Waals surface area contributed by atoms with Crippen LogP contribution >= 0.6 is 0 Å². The summed E-state index contributed by atoms with van der Waals surface area (Å²) in [5, 5.41) is 0. The minimum Gasteiger partial charge on any atom is -0.495 e. The van der Waals surface area contributed by atoms with Crippen molar-refractivity contribution in [2.24, 2.45) is 0 Å². The molecule has 1 fully saturated rings. The van der Waals surface area contributed by atoms with E-state index in [2.05, 4.69) is 9.71 Å². The first kappa shape index (κ1) is 19.0. The summed E-state index contributed by atoms with van der Waals surface area (Å²) in [7, 11) is -2.61. The summed E-state index contributed by atoms with van der Waals surface area (Å²) in [5.74, 6) is -0.577. The Labute approximate surface area is 157 Å². The molecule has 0 saturated carbocycles. The maximum Gasteiger partial charge on any atom is 0.244 e. The number of anilines is 1. The fourth-order valence-electron chi connectivity index (χ4n) is 2.81. The van der Waals surface area contributed by atoms with E-state index in [4.69, 9.17) is 4.74 Å². The van der Waals surface area contributed by atoms with E-state index < -0.39 is 10.0 Å². The molecule has 1 aliphatic rings. The van der Waals surface area contributed by atoms with Crippen LogP contribution in [0.4, 0.5) is 5.69 Å². The Bertz CT molecular complexity index is 944. The number of sulfonamides is 1. The van der Waals surface area contributed by atoms with E-state index in [1.54, 1.807) is 24.4 Å². The van der Waals surface area contributed by atoms with Gasteiger partial charge in [-0.05, 0) is 36.8 Å². The molecule has 142 valence electrons. The number of hydrogen-bond donors (Lipinski definition) is 1. The van der Waals surface area contributed by atoms with Gasteiger partial charge >= 0.3 is 0 Å². The summed E-state index contributed by atoms with van der Waals surface area (Å²) < 4.78 is 33.2. The number of piperidine rings is 1. The topological polar surface area (TPSA) is 106 Å². The first-order chi connectivity index (χ1) is 12.9. The smallest absolute Gasteiger partial charge is 0.244 e. The molecule has 0 unspecified atom stereocenters. The van der Waals surface area contributed by atoms with Gasteiger partial charge in [0.25, 0.3) is 0 Å². The predicted molar refractivity (Wildman–Crippen MR) is 97.6 cm³/mol. The maximum absolute atomic E-state index is 12.8. The van der Waals surface area contributed by atoms with Crippen molar-refractivity contribution in [3.63, 3.8) is 0 Å². The summed E-state index contributed by atoms with van der Waals surface area (Å²) in [6.07, 6.45) is 2.56. The van der Waals surface area contributed by atoms with Crippen molar-refractivity contribution in [1.29, 1.82) is 0 Å². The molecule has 2 amide bonds. The lowest BCUT2D eigenvalue weighted by Crippen LogP contribution is -2.40. The van der Waals surface area contributed by atoms with Gasteiger partial charge in [0.05, 0.1) is 25.0 Å². The van der Waals surface area contributed by atoms with Gasteiger partial charge in [0.2, 0.25) is 21.8 Å². The Morgan fingerprint density at radius 1 is 1.15 bits per heavy atom. The molecular weight excluding hydrogens is 370 g/mol. The third-order valence-electron chi connectivity index (χ3n) is 4.14. The number of nitrogens with zero attached hydrogens (tertiary/aromatic N) is 2. The van der Waals surface area contributed by atoms with E-state index in [1.807, 2.05) is 0 Å². The Kier molecular flexibility index (Phi) is 5.52. The molecule has 0 radical (unpaired) electrons. The number of carbonyl (C=O) groups excluding carboxylic acids is 2. The van der Waals surface area contributed by atoms with Gasteiger partial charge in [0, 0.05) is 19.0 Å². The highest BCUT2D eigenvalue weighted by Gasteiger charge is 2.29. The molecule has 2 aromatic rings. The number of benzene rings is 1. The summed E-state index contributed by atoms with van der Waals surface area (Å²) in [4.78, 5) is 29.2. The monoisotopic (exact) mass is 389 g/mol. The minimum absolute atomic E-state index is 0.00185. The van der Waals surface area contributed by atoms with E-state index >= 15 is 0 Å². The van der Waals surface area contributed by atoms with Crippen molar-refractivity contribution in [2.75, 3.05) is 12.0 Å². The van der Waals surface area contributed by atoms with Crippen molar-refractivity contribution in [3.05, 3.63) is 48.3 Å². The molecule has 0 aliphatic carbocycles. The quantitative estimate of drug-likeness (QED) is 0.753. The molecule has 8 nitrogen and oxygen atoms in total. The Morgan fingerprint density at radius 2 is 1.89 bits per heavy atom. The summed E-state index contributed by atoms with van der Waals surface area (Å²) in [6, 6.07) is 9.39. The zero-order chi connectivity index (χ0) is 19.4. The number of imide groups is 1. The average Bonchev–Trinajstić information content (AvgIpc) is 2.67. The summed E-state index contributed by atoms with van der Waals surface area (Å²) in [5.41, 5.74) is 0.765. The standard InChI is InChI=1S/C18H19N3O5S/c1-26-15-9-8-14(21-17(22)6-4-7-18(21)23)11-16(15)27(24,25)20-12-13-5-2-3-10-19-13/h2-3,5,8-11,20H,4,6-7,12H2,1H3. The van der Waals surface area contributed by atoms with Crippen molar-refractivity contribution >= 4 is 27.5 Å². The summed E-state index contributed by atoms with van der Waals surface area (Å²) in [6.45, 7) is -0.00185. The minimum atomic E-state index is -3.96. The Hall–Kier alpha value is -2.78. The molecular formula is C18H19N3O5S. The van der Waals surface area contributed by atoms with Gasteiger partial charge in [-0.15, -0.1) is 0 Å². The van der Waals surface area contributed by atoms with Crippen LogP contribution in [0.1, 0.15) is 25.0 Å². The van der Waals surface area contributed by atoms with E-state index in [0.717, 1.165) is 4.90 Å². The maximum atomic E-state index is 12.8. The number of ether oxygens (including phenoxy) is 1. The van der Waals surface area contributed by atoms with Crippen LogP contribution in [0.15, 0.2) is 47.5 Å². The molecule has 1 aliphatic heterocycles. The third kappa shape index (κ3) is 4.15.